The van der Waals surface area contributed by atoms with Gasteiger partial charge in [0.15, 0.2) is 5.78 Å². The van der Waals surface area contributed by atoms with Crippen molar-refractivity contribution in [3.63, 3.8) is 0 Å². The molecule has 0 amide bonds. The van der Waals surface area contributed by atoms with E-state index in [9.17, 15) is 4.79 Å². The Morgan fingerprint density at radius 3 is 2.54 bits per heavy atom. The summed E-state index contributed by atoms with van der Waals surface area (Å²) in [5, 5.41) is 1.11. The molecule has 3 aliphatic rings. The molecule has 3 heterocycles. The van der Waals surface area contributed by atoms with Gasteiger partial charge in [-0.2, -0.15) is 0 Å². The molecule has 0 bridgehead atoms. The molecule has 2 aliphatic heterocycles. The lowest BCUT2D eigenvalue weighted by Gasteiger charge is -2.36. The smallest absolute Gasteiger partial charge is 0.169 e. The first-order valence-electron chi connectivity index (χ1n) is 10.8. The highest BCUT2D eigenvalue weighted by Crippen LogP contribution is 2.39. The monoisotopic (exact) mass is 441 g/mol. The van der Waals surface area contributed by atoms with Crippen LogP contribution in [-0.2, 0) is 0 Å². The van der Waals surface area contributed by atoms with Gasteiger partial charge in [0.1, 0.15) is 0 Å². The van der Waals surface area contributed by atoms with Crippen molar-refractivity contribution in [3.05, 3.63) is 34.4 Å². The molecule has 1 aromatic carbocycles. The highest BCUT2D eigenvalue weighted by molar-refractivity contribution is 9.10. The number of ketones is 1. The molecule has 1 aliphatic carbocycles. The largest absolute Gasteiger partial charge is 0.370 e. The first-order chi connectivity index (χ1) is 13.7. The maximum atomic E-state index is 13.0. The highest BCUT2D eigenvalue weighted by atomic mass is 79.9. The molecular weight excluding hydrogens is 414 g/mol. The van der Waals surface area contributed by atoms with Gasteiger partial charge in [0.2, 0.25) is 0 Å². The van der Waals surface area contributed by atoms with Gasteiger partial charge < -0.3 is 9.80 Å². The van der Waals surface area contributed by atoms with Crippen LogP contribution < -0.4 is 4.90 Å². The number of piperidine rings is 1. The minimum Gasteiger partial charge on any atom is -0.370 e. The zero-order valence-corrected chi connectivity index (χ0v) is 18.0. The fourth-order valence-electron chi connectivity index (χ4n) is 4.91. The van der Waals surface area contributed by atoms with E-state index in [0.717, 1.165) is 58.5 Å². The van der Waals surface area contributed by atoms with Crippen molar-refractivity contribution in [2.24, 2.45) is 11.8 Å². The Kier molecular flexibility index (Phi) is 5.14. The number of rotatable bonds is 5. The van der Waals surface area contributed by atoms with Crippen LogP contribution in [0.25, 0.3) is 10.9 Å². The summed E-state index contributed by atoms with van der Waals surface area (Å²) in [6.07, 6.45) is 9.06. The summed E-state index contributed by atoms with van der Waals surface area (Å²) >= 11 is 3.62. The number of carbonyl (C=O) groups excluding carboxylic acids is 1. The van der Waals surface area contributed by atoms with Crippen LogP contribution in [0.2, 0.25) is 0 Å². The topological polar surface area (TPSA) is 36.4 Å². The molecule has 0 unspecified atom stereocenters. The van der Waals surface area contributed by atoms with Gasteiger partial charge in [0, 0.05) is 41.6 Å². The molecule has 5 heteroatoms. The van der Waals surface area contributed by atoms with E-state index in [0.29, 0.717) is 5.78 Å². The number of aromatic nitrogens is 1. The molecule has 148 valence electrons. The molecule has 2 saturated heterocycles. The summed E-state index contributed by atoms with van der Waals surface area (Å²) in [7, 11) is 0. The lowest BCUT2D eigenvalue weighted by atomic mass is 9.94. The second-order valence-corrected chi connectivity index (χ2v) is 9.67. The average molecular weight is 442 g/mol. The van der Waals surface area contributed by atoms with Crippen LogP contribution in [0.3, 0.4) is 0 Å². The summed E-state index contributed by atoms with van der Waals surface area (Å²) in [6.45, 7) is 5.89. The first kappa shape index (κ1) is 18.6. The van der Waals surface area contributed by atoms with Crippen LogP contribution >= 0.6 is 15.9 Å². The van der Waals surface area contributed by atoms with Crippen molar-refractivity contribution in [1.29, 1.82) is 0 Å². The zero-order chi connectivity index (χ0) is 19.1. The van der Waals surface area contributed by atoms with Crippen LogP contribution in [0.4, 0.5) is 5.69 Å². The number of halogens is 1. The zero-order valence-electron chi connectivity index (χ0n) is 16.4. The van der Waals surface area contributed by atoms with Gasteiger partial charge in [-0.1, -0.05) is 15.9 Å². The minimum atomic E-state index is 0.220. The van der Waals surface area contributed by atoms with Crippen molar-refractivity contribution in [2.75, 3.05) is 37.6 Å². The van der Waals surface area contributed by atoms with Crippen molar-refractivity contribution < 1.29 is 4.79 Å². The number of Topliss-reactive ketones (excluding diaryl/α,β-unsaturated/α-hetero) is 1. The molecule has 1 aromatic heterocycles. The molecule has 0 atom stereocenters. The number of pyridine rings is 1. The number of hydrogen-bond acceptors (Lipinski definition) is 4. The molecule has 2 aromatic rings. The Morgan fingerprint density at radius 2 is 1.82 bits per heavy atom. The third-order valence-corrected chi connectivity index (χ3v) is 7.15. The molecule has 28 heavy (non-hydrogen) atoms. The summed E-state index contributed by atoms with van der Waals surface area (Å²) in [5.74, 6) is 1.30. The van der Waals surface area contributed by atoms with Gasteiger partial charge in [-0.3, -0.25) is 9.78 Å². The maximum Gasteiger partial charge on any atom is 0.169 e. The summed E-state index contributed by atoms with van der Waals surface area (Å²) in [5.41, 5.74) is 2.94. The summed E-state index contributed by atoms with van der Waals surface area (Å²) < 4.78 is 1.04. The highest BCUT2D eigenvalue weighted by Gasteiger charge is 2.34. The van der Waals surface area contributed by atoms with Crippen LogP contribution in [0, 0.1) is 11.8 Å². The van der Waals surface area contributed by atoms with Crippen LogP contribution in [-0.4, -0.2) is 48.4 Å². The van der Waals surface area contributed by atoms with E-state index in [1.165, 1.54) is 45.3 Å². The number of likely N-dealkylation sites (tertiary alicyclic amines) is 1. The molecule has 4 nitrogen and oxygen atoms in total. The number of anilines is 1. The Labute approximate surface area is 175 Å². The van der Waals surface area contributed by atoms with Crippen molar-refractivity contribution in [3.8, 4) is 0 Å². The lowest BCUT2D eigenvalue weighted by molar-refractivity contribution is 0.0968. The standard InChI is InChI=1S/C23H28BrN3O/c24-18-5-6-21-19(13-18)22(20(14-25-21)23(28)17-3-4-17)27-11-7-16(8-12-27)15-26-9-1-2-10-26/h5-6,13-14,16-17H,1-4,7-12,15H2. The van der Waals surface area contributed by atoms with E-state index in [2.05, 4.69) is 42.8 Å². The van der Waals surface area contributed by atoms with Crippen LogP contribution in [0.5, 0.6) is 0 Å². The van der Waals surface area contributed by atoms with Gasteiger partial charge in [0.05, 0.1) is 16.8 Å². The molecule has 5 rings (SSSR count). The van der Waals surface area contributed by atoms with Gasteiger partial charge in [-0.05, 0) is 75.7 Å². The predicted molar refractivity (Wildman–Crippen MR) is 117 cm³/mol. The third kappa shape index (κ3) is 3.71. The third-order valence-electron chi connectivity index (χ3n) is 6.66. The van der Waals surface area contributed by atoms with E-state index < -0.39 is 0 Å². The van der Waals surface area contributed by atoms with Crippen molar-refractivity contribution >= 4 is 38.3 Å². The number of nitrogens with zero attached hydrogens (tertiary/aromatic N) is 3. The lowest BCUT2D eigenvalue weighted by Crippen LogP contribution is -2.39. The normalized spacial score (nSPS) is 21.5. The predicted octanol–water partition coefficient (Wildman–Crippen LogP) is 4.90. The molecule has 0 radical (unpaired) electrons. The van der Waals surface area contributed by atoms with E-state index in [1.54, 1.807) is 0 Å². The second kappa shape index (κ2) is 7.75. The number of hydrogen-bond donors (Lipinski definition) is 0. The summed E-state index contributed by atoms with van der Waals surface area (Å²) in [4.78, 5) is 22.7. The fourth-order valence-corrected chi connectivity index (χ4v) is 5.27. The first-order valence-corrected chi connectivity index (χ1v) is 11.6. The number of benzene rings is 1. The quantitative estimate of drug-likeness (QED) is 0.618. The van der Waals surface area contributed by atoms with Crippen molar-refractivity contribution in [2.45, 2.75) is 38.5 Å². The molecule has 0 spiro atoms. The second-order valence-electron chi connectivity index (χ2n) is 8.76. The Hall–Kier alpha value is -1.46. The van der Waals surface area contributed by atoms with Gasteiger partial charge in [-0.15, -0.1) is 0 Å². The fraction of sp³-hybridized carbons (Fsp3) is 0.565. The molecule has 1 saturated carbocycles. The van der Waals surface area contributed by atoms with Gasteiger partial charge >= 0.3 is 0 Å². The van der Waals surface area contributed by atoms with Crippen molar-refractivity contribution in [1.82, 2.24) is 9.88 Å². The molecular formula is C23H28BrN3O. The Bertz CT molecular complexity index is 881. The van der Waals surface area contributed by atoms with Gasteiger partial charge in [-0.25, -0.2) is 0 Å². The van der Waals surface area contributed by atoms with Gasteiger partial charge in [0.25, 0.3) is 0 Å². The summed E-state index contributed by atoms with van der Waals surface area (Å²) in [6, 6.07) is 6.22. The molecule has 0 N–H and O–H groups in total. The van der Waals surface area contributed by atoms with E-state index in [4.69, 9.17) is 0 Å². The van der Waals surface area contributed by atoms with E-state index in [-0.39, 0.29) is 5.92 Å². The van der Waals surface area contributed by atoms with E-state index >= 15 is 0 Å². The SMILES string of the molecule is O=C(c1cnc2ccc(Br)cc2c1N1CCC(CN2CCCC2)CC1)C1CC1. The molecule has 3 fully saturated rings. The average Bonchev–Trinajstić information content (AvgIpc) is 3.44. The number of carbonyl (C=O) groups is 1. The number of fused-ring (bicyclic) bond motifs is 1. The Morgan fingerprint density at radius 1 is 1.07 bits per heavy atom. The van der Waals surface area contributed by atoms with Crippen LogP contribution in [0.1, 0.15) is 48.9 Å². The van der Waals surface area contributed by atoms with E-state index in [1.807, 2.05) is 12.3 Å². The Balaban J connectivity index is 1.43. The maximum absolute atomic E-state index is 13.0. The minimum absolute atomic E-state index is 0.220. The van der Waals surface area contributed by atoms with Crippen LogP contribution in [0.15, 0.2) is 28.9 Å².